The number of nitrogens with one attached hydrogen (secondary N) is 1. The summed E-state index contributed by atoms with van der Waals surface area (Å²) < 4.78 is 27.7. The molecule has 3 aliphatic rings. The van der Waals surface area contributed by atoms with E-state index in [0.717, 1.165) is 22.6 Å². The lowest BCUT2D eigenvalue weighted by atomic mass is 9.83. The number of carbonyl (C=O) groups is 1. The predicted molar refractivity (Wildman–Crippen MR) is 102 cm³/mol. The van der Waals surface area contributed by atoms with Crippen molar-refractivity contribution < 1.29 is 13.6 Å². The van der Waals surface area contributed by atoms with E-state index in [1.807, 2.05) is 13.0 Å². The van der Waals surface area contributed by atoms with Crippen molar-refractivity contribution in [2.24, 2.45) is 17.7 Å². The zero-order valence-electron chi connectivity index (χ0n) is 16.0. The molecule has 28 heavy (non-hydrogen) atoms. The van der Waals surface area contributed by atoms with Gasteiger partial charge in [0.1, 0.15) is 12.3 Å². The molecule has 1 heterocycles. The Morgan fingerprint density at radius 2 is 2.25 bits per heavy atom. The number of hydrogen-bond acceptors (Lipinski definition) is 4. The molecule has 0 aromatic carbocycles. The molecule has 0 spiro atoms. The first-order valence-electron chi connectivity index (χ1n) is 9.77. The molecule has 5 nitrogen and oxygen atoms in total. The van der Waals surface area contributed by atoms with Crippen LogP contribution in [0.25, 0.3) is 0 Å². The van der Waals surface area contributed by atoms with E-state index in [0.29, 0.717) is 31.4 Å². The molecule has 0 fully saturated rings. The maximum Gasteiger partial charge on any atom is 0.264 e. The Kier molecular flexibility index (Phi) is 6.30. The molecule has 3 N–H and O–H groups in total. The average molecular weight is 388 g/mol. The van der Waals surface area contributed by atoms with Crippen LogP contribution in [-0.4, -0.2) is 23.3 Å². The topological polar surface area (TPSA) is 82.2 Å². The van der Waals surface area contributed by atoms with E-state index < -0.39 is 24.1 Å². The van der Waals surface area contributed by atoms with Crippen LogP contribution in [0.3, 0.4) is 0 Å². The number of alkyl halides is 1. The first-order valence-corrected chi connectivity index (χ1v) is 9.77. The standard InChI is InChI=1S/C21H26F2N4O/c1-2-14(17-8-7-16(22)10-18(17)23)9-20-26-19(11-21(28)27(20)25)15-5-3-13(12-24)4-6-15/h5,7,9,11,13,17-18,20,26H,2-4,6,8,10,25H2,1H3/b14-9+. The Bertz CT molecular complexity index is 793. The van der Waals surface area contributed by atoms with Crippen molar-refractivity contribution in [2.75, 3.05) is 0 Å². The summed E-state index contributed by atoms with van der Waals surface area (Å²) in [4.78, 5) is 12.4. The van der Waals surface area contributed by atoms with Crippen molar-refractivity contribution >= 4 is 5.91 Å². The van der Waals surface area contributed by atoms with Crippen LogP contribution in [-0.2, 0) is 4.79 Å². The summed E-state index contributed by atoms with van der Waals surface area (Å²) in [6.07, 6.45) is 7.63. The van der Waals surface area contributed by atoms with Gasteiger partial charge in [0, 0.05) is 24.1 Å². The van der Waals surface area contributed by atoms with Gasteiger partial charge in [0.25, 0.3) is 5.91 Å². The fourth-order valence-electron chi connectivity index (χ4n) is 4.01. The van der Waals surface area contributed by atoms with Crippen molar-refractivity contribution in [1.29, 1.82) is 5.26 Å². The molecule has 2 aliphatic carbocycles. The van der Waals surface area contributed by atoms with Crippen LogP contribution in [0.5, 0.6) is 0 Å². The highest BCUT2D eigenvalue weighted by Gasteiger charge is 2.31. The second kappa shape index (κ2) is 8.70. The molecule has 1 aliphatic heterocycles. The second-order valence-corrected chi connectivity index (χ2v) is 7.53. The molecule has 150 valence electrons. The Labute approximate surface area is 164 Å². The Hall–Kier alpha value is -2.46. The first kappa shape index (κ1) is 20.3. The molecule has 7 heteroatoms. The lowest BCUT2D eigenvalue weighted by Crippen LogP contribution is -2.54. The third-order valence-electron chi connectivity index (χ3n) is 5.74. The number of nitrogens with zero attached hydrogens (tertiary/aromatic N) is 2. The van der Waals surface area contributed by atoms with Crippen LogP contribution in [0.1, 0.15) is 45.4 Å². The normalized spacial score (nSPS) is 31.4. The van der Waals surface area contributed by atoms with Gasteiger partial charge in [-0.05, 0) is 43.8 Å². The summed E-state index contributed by atoms with van der Waals surface area (Å²) in [5.41, 5.74) is 2.52. The van der Waals surface area contributed by atoms with Gasteiger partial charge >= 0.3 is 0 Å². The van der Waals surface area contributed by atoms with Gasteiger partial charge in [-0.2, -0.15) is 5.26 Å². The zero-order chi connectivity index (χ0) is 20.3. The molecule has 0 saturated heterocycles. The van der Waals surface area contributed by atoms with Crippen molar-refractivity contribution in [3.63, 3.8) is 0 Å². The third-order valence-corrected chi connectivity index (χ3v) is 5.74. The third kappa shape index (κ3) is 4.33. The summed E-state index contributed by atoms with van der Waals surface area (Å²) in [5, 5.41) is 13.4. The summed E-state index contributed by atoms with van der Waals surface area (Å²) >= 11 is 0. The van der Waals surface area contributed by atoms with Crippen molar-refractivity contribution in [3.8, 4) is 6.07 Å². The highest BCUT2D eigenvalue weighted by atomic mass is 19.1. The summed E-state index contributed by atoms with van der Waals surface area (Å²) in [6, 6.07) is 2.27. The minimum atomic E-state index is -1.28. The molecule has 0 aromatic heterocycles. The van der Waals surface area contributed by atoms with Gasteiger partial charge in [-0.25, -0.2) is 14.6 Å². The summed E-state index contributed by atoms with van der Waals surface area (Å²) in [7, 11) is 0. The molecule has 0 saturated carbocycles. The van der Waals surface area contributed by atoms with Crippen molar-refractivity contribution in [2.45, 2.75) is 57.8 Å². The molecular formula is C21H26F2N4O. The molecule has 3 rings (SSSR count). The molecule has 0 radical (unpaired) electrons. The largest absolute Gasteiger partial charge is 0.360 e. The number of amides is 1. The van der Waals surface area contributed by atoms with Gasteiger partial charge in [-0.1, -0.05) is 24.6 Å². The number of hydrazine groups is 1. The second-order valence-electron chi connectivity index (χ2n) is 7.53. The monoisotopic (exact) mass is 388 g/mol. The van der Waals surface area contributed by atoms with E-state index in [-0.39, 0.29) is 18.2 Å². The number of halogens is 2. The smallest absolute Gasteiger partial charge is 0.264 e. The van der Waals surface area contributed by atoms with Crippen molar-refractivity contribution in [3.05, 3.63) is 47.0 Å². The zero-order valence-corrected chi connectivity index (χ0v) is 16.0. The van der Waals surface area contributed by atoms with E-state index >= 15 is 0 Å². The van der Waals surface area contributed by atoms with Gasteiger partial charge in [0.15, 0.2) is 0 Å². The Balaban J connectivity index is 1.80. The van der Waals surface area contributed by atoms with Gasteiger partial charge in [-0.15, -0.1) is 0 Å². The Morgan fingerprint density at radius 3 is 2.86 bits per heavy atom. The van der Waals surface area contributed by atoms with Crippen LogP contribution >= 0.6 is 0 Å². The fraction of sp³-hybridized carbons (Fsp3) is 0.524. The lowest BCUT2D eigenvalue weighted by Gasteiger charge is -2.35. The Morgan fingerprint density at radius 1 is 1.46 bits per heavy atom. The number of rotatable bonds is 4. The molecule has 4 unspecified atom stereocenters. The number of allylic oxidation sites excluding steroid dienone is 5. The van der Waals surface area contributed by atoms with Crippen LogP contribution in [0.4, 0.5) is 8.78 Å². The predicted octanol–water partition coefficient (Wildman–Crippen LogP) is 3.69. The number of nitriles is 1. The molecular weight excluding hydrogens is 362 g/mol. The number of hydrogen-bond donors (Lipinski definition) is 2. The quantitative estimate of drug-likeness (QED) is 0.437. The van der Waals surface area contributed by atoms with Crippen molar-refractivity contribution in [1.82, 2.24) is 10.3 Å². The minimum absolute atomic E-state index is 0.0123. The minimum Gasteiger partial charge on any atom is -0.360 e. The van der Waals surface area contributed by atoms with Crippen LogP contribution in [0, 0.1) is 23.2 Å². The maximum atomic E-state index is 14.4. The SMILES string of the molecule is CC/C(=C\C1NC(C2=CCC(C#N)CC2)=CC(=O)N1N)C1CC=C(F)CC1F. The van der Waals surface area contributed by atoms with E-state index in [1.165, 1.54) is 12.2 Å². The number of nitrogens with two attached hydrogens (primary N) is 1. The highest BCUT2D eigenvalue weighted by Crippen LogP contribution is 2.34. The fourth-order valence-corrected chi connectivity index (χ4v) is 4.01. The molecule has 1 amide bonds. The molecule has 4 atom stereocenters. The van der Waals surface area contributed by atoms with Gasteiger partial charge in [0.05, 0.1) is 17.8 Å². The van der Waals surface area contributed by atoms with Gasteiger partial charge in [0.2, 0.25) is 0 Å². The van der Waals surface area contributed by atoms with Crippen LogP contribution in [0.15, 0.2) is 47.0 Å². The number of carbonyl (C=O) groups excluding carboxylic acids is 1. The van der Waals surface area contributed by atoms with Crippen LogP contribution in [0.2, 0.25) is 0 Å². The highest BCUT2D eigenvalue weighted by molar-refractivity contribution is 5.90. The van der Waals surface area contributed by atoms with Gasteiger partial charge in [-0.3, -0.25) is 9.80 Å². The molecule has 0 bridgehead atoms. The maximum absolute atomic E-state index is 14.4. The van der Waals surface area contributed by atoms with E-state index in [4.69, 9.17) is 11.1 Å². The van der Waals surface area contributed by atoms with E-state index in [1.54, 1.807) is 6.08 Å². The summed E-state index contributed by atoms with van der Waals surface area (Å²) in [5.74, 6) is 4.82. The van der Waals surface area contributed by atoms with E-state index in [2.05, 4.69) is 11.4 Å². The average Bonchev–Trinajstić information content (AvgIpc) is 2.69. The van der Waals surface area contributed by atoms with E-state index in [9.17, 15) is 13.6 Å². The molecule has 0 aromatic rings. The van der Waals surface area contributed by atoms with Crippen LogP contribution < -0.4 is 11.2 Å². The lowest BCUT2D eigenvalue weighted by molar-refractivity contribution is -0.129. The first-order chi connectivity index (χ1) is 13.4. The summed E-state index contributed by atoms with van der Waals surface area (Å²) in [6.45, 7) is 1.92. The van der Waals surface area contributed by atoms with Gasteiger partial charge < -0.3 is 5.32 Å².